The zero-order valence-electron chi connectivity index (χ0n) is 8.47. The lowest BCUT2D eigenvalue weighted by atomic mass is 10.3. The van der Waals surface area contributed by atoms with Gasteiger partial charge >= 0.3 is 0 Å². The second kappa shape index (κ2) is 4.30. The standard InChI is InChI=1S/C8H11N5S2/c1-5-6(3-9)7(13(2)12-5)14-8-10-4-11-15-8/h4H,3,9H2,1-2H3. The minimum Gasteiger partial charge on any atom is -0.326 e. The maximum Gasteiger partial charge on any atom is 0.175 e. The van der Waals surface area contributed by atoms with Gasteiger partial charge in [0.1, 0.15) is 11.4 Å². The van der Waals surface area contributed by atoms with Crippen LogP contribution >= 0.6 is 23.3 Å². The van der Waals surface area contributed by atoms with Gasteiger partial charge in [0.05, 0.1) is 5.69 Å². The molecule has 2 aromatic rings. The summed E-state index contributed by atoms with van der Waals surface area (Å²) in [6.45, 7) is 2.47. The van der Waals surface area contributed by atoms with Crippen LogP contribution < -0.4 is 5.73 Å². The Balaban J connectivity index is 2.35. The van der Waals surface area contributed by atoms with E-state index >= 15 is 0 Å². The molecule has 2 heterocycles. The van der Waals surface area contributed by atoms with Crippen molar-refractivity contribution in [1.29, 1.82) is 0 Å². The fourth-order valence-corrected chi connectivity index (χ4v) is 2.92. The molecule has 15 heavy (non-hydrogen) atoms. The predicted molar refractivity (Wildman–Crippen MR) is 59.9 cm³/mol. The zero-order valence-corrected chi connectivity index (χ0v) is 10.1. The molecule has 0 atom stereocenters. The fourth-order valence-electron chi connectivity index (χ4n) is 1.33. The van der Waals surface area contributed by atoms with Gasteiger partial charge in [0.15, 0.2) is 4.34 Å². The van der Waals surface area contributed by atoms with Crippen molar-refractivity contribution >= 4 is 23.3 Å². The molecule has 2 rings (SSSR count). The lowest BCUT2D eigenvalue weighted by molar-refractivity contribution is 0.688. The first-order valence-corrected chi connectivity index (χ1v) is 5.98. The Labute approximate surface area is 95.9 Å². The van der Waals surface area contributed by atoms with Crippen LogP contribution in [0, 0.1) is 6.92 Å². The average Bonchev–Trinajstić information content (AvgIpc) is 2.77. The molecule has 0 aliphatic carbocycles. The lowest BCUT2D eigenvalue weighted by Gasteiger charge is -2.00. The van der Waals surface area contributed by atoms with Crippen molar-refractivity contribution in [3.8, 4) is 0 Å². The van der Waals surface area contributed by atoms with Crippen molar-refractivity contribution in [3.05, 3.63) is 17.6 Å². The molecule has 0 amide bonds. The molecular weight excluding hydrogens is 230 g/mol. The Kier molecular flexibility index (Phi) is 3.03. The molecule has 0 unspecified atom stereocenters. The maximum absolute atomic E-state index is 5.69. The van der Waals surface area contributed by atoms with Crippen molar-refractivity contribution in [2.45, 2.75) is 22.8 Å². The average molecular weight is 241 g/mol. The van der Waals surface area contributed by atoms with Crippen LogP contribution in [0.25, 0.3) is 0 Å². The van der Waals surface area contributed by atoms with Gasteiger partial charge in [-0.2, -0.15) is 9.47 Å². The van der Waals surface area contributed by atoms with Gasteiger partial charge in [-0.15, -0.1) is 0 Å². The molecule has 0 aliphatic heterocycles. The second-order valence-corrected chi connectivity index (χ2v) is 5.02. The van der Waals surface area contributed by atoms with Crippen LogP contribution in [0.3, 0.4) is 0 Å². The monoisotopic (exact) mass is 241 g/mol. The summed E-state index contributed by atoms with van der Waals surface area (Å²) >= 11 is 2.93. The van der Waals surface area contributed by atoms with E-state index in [1.54, 1.807) is 18.1 Å². The van der Waals surface area contributed by atoms with Crippen LogP contribution in [-0.4, -0.2) is 19.1 Å². The van der Waals surface area contributed by atoms with Crippen molar-refractivity contribution in [1.82, 2.24) is 19.1 Å². The summed E-state index contributed by atoms with van der Waals surface area (Å²) in [7, 11) is 1.91. The van der Waals surface area contributed by atoms with E-state index in [1.807, 2.05) is 18.7 Å². The Morgan fingerprint density at radius 1 is 1.60 bits per heavy atom. The minimum atomic E-state index is 0.501. The van der Waals surface area contributed by atoms with E-state index in [4.69, 9.17) is 5.73 Å². The van der Waals surface area contributed by atoms with E-state index < -0.39 is 0 Å². The summed E-state index contributed by atoms with van der Waals surface area (Å²) in [5.74, 6) is 0. The highest BCUT2D eigenvalue weighted by Crippen LogP contribution is 2.31. The van der Waals surface area contributed by atoms with Crippen LogP contribution in [0.5, 0.6) is 0 Å². The van der Waals surface area contributed by atoms with E-state index in [9.17, 15) is 0 Å². The first kappa shape index (κ1) is 10.6. The summed E-state index contributed by atoms with van der Waals surface area (Å²) in [5.41, 5.74) is 7.75. The van der Waals surface area contributed by atoms with E-state index in [2.05, 4.69) is 14.5 Å². The number of aryl methyl sites for hydroxylation is 2. The molecule has 0 radical (unpaired) electrons. The number of nitrogens with two attached hydrogens (primary N) is 1. The fraction of sp³-hybridized carbons (Fsp3) is 0.375. The van der Waals surface area contributed by atoms with Gasteiger partial charge in [0.2, 0.25) is 0 Å². The summed E-state index contributed by atoms with van der Waals surface area (Å²) in [6, 6.07) is 0. The molecule has 0 aromatic carbocycles. The van der Waals surface area contributed by atoms with E-state index in [0.29, 0.717) is 6.54 Å². The van der Waals surface area contributed by atoms with E-state index in [1.165, 1.54) is 11.5 Å². The molecule has 2 N–H and O–H groups in total. The molecule has 0 fully saturated rings. The first-order valence-electron chi connectivity index (χ1n) is 4.39. The molecule has 2 aromatic heterocycles. The van der Waals surface area contributed by atoms with Crippen LogP contribution in [0.2, 0.25) is 0 Å². The molecule has 0 spiro atoms. The van der Waals surface area contributed by atoms with Crippen LogP contribution in [0.4, 0.5) is 0 Å². The molecule has 5 nitrogen and oxygen atoms in total. The van der Waals surface area contributed by atoms with Gasteiger partial charge < -0.3 is 5.73 Å². The third-order valence-corrected chi connectivity index (χ3v) is 3.94. The van der Waals surface area contributed by atoms with Gasteiger partial charge in [-0.25, -0.2) is 4.98 Å². The zero-order chi connectivity index (χ0) is 10.8. The molecule has 0 bridgehead atoms. The lowest BCUT2D eigenvalue weighted by Crippen LogP contribution is -1.99. The largest absolute Gasteiger partial charge is 0.326 e. The SMILES string of the molecule is Cc1nn(C)c(Sc2ncns2)c1CN. The van der Waals surface area contributed by atoms with Gasteiger partial charge in [-0.1, -0.05) is 0 Å². The number of nitrogens with zero attached hydrogens (tertiary/aromatic N) is 4. The van der Waals surface area contributed by atoms with Gasteiger partial charge in [0.25, 0.3) is 0 Å². The summed E-state index contributed by atoms with van der Waals surface area (Å²) < 4.78 is 6.71. The number of rotatable bonds is 3. The van der Waals surface area contributed by atoms with Crippen molar-refractivity contribution in [2.75, 3.05) is 0 Å². The van der Waals surface area contributed by atoms with Crippen LogP contribution in [0.1, 0.15) is 11.3 Å². The third-order valence-electron chi connectivity index (χ3n) is 2.02. The normalized spacial score (nSPS) is 10.9. The quantitative estimate of drug-likeness (QED) is 0.874. The topological polar surface area (TPSA) is 69.6 Å². The van der Waals surface area contributed by atoms with Gasteiger partial charge in [0, 0.05) is 19.2 Å². The molecule has 0 saturated heterocycles. The van der Waals surface area contributed by atoms with Crippen molar-refractivity contribution in [2.24, 2.45) is 12.8 Å². The van der Waals surface area contributed by atoms with E-state index in [0.717, 1.165) is 20.6 Å². The Hall–Kier alpha value is -0.920. The van der Waals surface area contributed by atoms with E-state index in [-0.39, 0.29) is 0 Å². The molecular formula is C8H11N5S2. The van der Waals surface area contributed by atoms with Crippen molar-refractivity contribution < 1.29 is 0 Å². The summed E-state index contributed by atoms with van der Waals surface area (Å²) in [4.78, 5) is 4.13. The van der Waals surface area contributed by atoms with Gasteiger partial charge in [-0.3, -0.25) is 4.68 Å². The smallest absolute Gasteiger partial charge is 0.175 e. The number of hydrogen-bond acceptors (Lipinski definition) is 6. The van der Waals surface area contributed by atoms with Crippen LogP contribution in [0.15, 0.2) is 15.7 Å². The Morgan fingerprint density at radius 3 is 3.00 bits per heavy atom. The highest BCUT2D eigenvalue weighted by atomic mass is 32.2. The minimum absolute atomic E-state index is 0.501. The first-order chi connectivity index (χ1) is 7.22. The van der Waals surface area contributed by atoms with Gasteiger partial charge in [-0.05, 0) is 30.2 Å². The predicted octanol–water partition coefficient (Wildman–Crippen LogP) is 1.19. The Morgan fingerprint density at radius 2 is 2.40 bits per heavy atom. The van der Waals surface area contributed by atoms with Crippen LogP contribution in [-0.2, 0) is 13.6 Å². The summed E-state index contributed by atoms with van der Waals surface area (Å²) in [5, 5.41) is 5.38. The van der Waals surface area contributed by atoms with Crippen molar-refractivity contribution in [3.63, 3.8) is 0 Å². The molecule has 7 heteroatoms. The number of aromatic nitrogens is 4. The Bertz CT molecular complexity index is 448. The summed E-state index contributed by atoms with van der Waals surface area (Å²) in [6.07, 6.45) is 1.55. The molecule has 80 valence electrons. The molecule has 0 saturated carbocycles. The number of hydrogen-bond donors (Lipinski definition) is 1. The molecule has 0 aliphatic rings. The highest BCUT2D eigenvalue weighted by Gasteiger charge is 2.14. The maximum atomic E-state index is 5.69. The second-order valence-electron chi connectivity index (χ2n) is 3.01. The highest BCUT2D eigenvalue weighted by molar-refractivity contribution is 8.00. The third kappa shape index (κ3) is 2.04.